The van der Waals surface area contributed by atoms with E-state index in [0.717, 1.165) is 26.3 Å². The molecule has 0 spiro atoms. The van der Waals surface area contributed by atoms with Crippen molar-refractivity contribution < 1.29 is 4.74 Å². The van der Waals surface area contributed by atoms with Gasteiger partial charge in [0.15, 0.2) is 0 Å². The van der Waals surface area contributed by atoms with E-state index < -0.39 is 0 Å². The van der Waals surface area contributed by atoms with Gasteiger partial charge in [-0.3, -0.25) is 0 Å². The monoisotopic (exact) mass is 195 g/mol. The number of hydrogen-bond donors (Lipinski definition) is 0. The van der Waals surface area contributed by atoms with Crippen LogP contribution in [-0.2, 0) is 4.74 Å². The second-order valence-electron chi connectivity index (χ2n) is 3.19. The Bertz CT molecular complexity index is 267. The molecule has 1 aliphatic rings. The van der Waals surface area contributed by atoms with E-state index in [4.69, 9.17) is 4.74 Å². The molecule has 0 saturated carbocycles. The highest BCUT2D eigenvalue weighted by molar-refractivity contribution is 7.27. The minimum Gasteiger partial charge on any atom is -0.378 e. The van der Waals surface area contributed by atoms with E-state index in [1.807, 2.05) is 0 Å². The Balaban J connectivity index is 2.10. The summed E-state index contributed by atoms with van der Waals surface area (Å²) in [6, 6.07) is 8.56. The number of ether oxygens (including phenoxy) is 1. The van der Waals surface area contributed by atoms with Gasteiger partial charge in [0.2, 0.25) is 0 Å². The first-order chi connectivity index (χ1) is 6.36. The molecule has 1 unspecified atom stereocenters. The third-order valence-corrected chi connectivity index (χ3v) is 2.65. The van der Waals surface area contributed by atoms with Crippen LogP contribution in [-0.4, -0.2) is 26.3 Å². The van der Waals surface area contributed by atoms with E-state index in [0.29, 0.717) is 0 Å². The van der Waals surface area contributed by atoms with E-state index >= 15 is 0 Å². The second kappa shape index (κ2) is 4.08. The first kappa shape index (κ1) is 8.98. The molecule has 2 rings (SSSR count). The van der Waals surface area contributed by atoms with Gasteiger partial charge in [-0.15, -0.1) is 9.24 Å². The van der Waals surface area contributed by atoms with Gasteiger partial charge in [0.25, 0.3) is 0 Å². The average Bonchev–Trinajstić information content (AvgIpc) is 2.20. The van der Waals surface area contributed by atoms with Crippen LogP contribution in [0.25, 0.3) is 0 Å². The number of rotatable bonds is 1. The van der Waals surface area contributed by atoms with Crippen LogP contribution >= 0.6 is 9.24 Å². The van der Waals surface area contributed by atoms with Crippen LogP contribution in [0.3, 0.4) is 0 Å². The van der Waals surface area contributed by atoms with Crippen LogP contribution < -0.4 is 10.2 Å². The highest BCUT2D eigenvalue weighted by Gasteiger charge is 2.09. The molecule has 13 heavy (non-hydrogen) atoms. The van der Waals surface area contributed by atoms with E-state index in [2.05, 4.69) is 38.4 Å². The fraction of sp³-hybridized carbons (Fsp3) is 0.400. The van der Waals surface area contributed by atoms with Crippen molar-refractivity contribution in [1.82, 2.24) is 0 Å². The quantitative estimate of drug-likeness (QED) is 0.620. The predicted octanol–water partition coefficient (Wildman–Crippen LogP) is 1.02. The Morgan fingerprint density at radius 3 is 2.31 bits per heavy atom. The maximum absolute atomic E-state index is 5.30. The summed E-state index contributed by atoms with van der Waals surface area (Å²) >= 11 is 0. The topological polar surface area (TPSA) is 12.5 Å². The molecule has 0 aliphatic carbocycles. The van der Waals surface area contributed by atoms with Crippen LogP contribution in [0.4, 0.5) is 5.69 Å². The minimum absolute atomic E-state index is 0.850. The Labute approximate surface area is 81.1 Å². The molecule has 2 nitrogen and oxygen atoms in total. The SMILES string of the molecule is Pc1ccc(N2CCOCC2)cc1. The van der Waals surface area contributed by atoms with Gasteiger partial charge in [-0.1, -0.05) is 12.1 Å². The summed E-state index contributed by atoms with van der Waals surface area (Å²) < 4.78 is 5.30. The molecule has 1 heterocycles. The van der Waals surface area contributed by atoms with Gasteiger partial charge in [-0.05, 0) is 17.4 Å². The predicted molar refractivity (Wildman–Crippen MR) is 58.8 cm³/mol. The average molecular weight is 195 g/mol. The molecule has 3 heteroatoms. The number of morpholine rings is 1. The molecule has 0 aromatic heterocycles. The summed E-state index contributed by atoms with van der Waals surface area (Å²) in [5.41, 5.74) is 1.30. The highest BCUT2D eigenvalue weighted by atomic mass is 31.0. The normalized spacial score (nSPS) is 17.5. The van der Waals surface area contributed by atoms with Crippen LogP contribution in [0.5, 0.6) is 0 Å². The third-order valence-electron chi connectivity index (χ3n) is 2.27. The molecule has 70 valence electrons. The molecular weight excluding hydrogens is 181 g/mol. The van der Waals surface area contributed by atoms with Gasteiger partial charge < -0.3 is 9.64 Å². The van der Waals surface area contributed by atoms with Crippen LogP contribution in [0.2, 0.25) is 0 Å². The van der Waals surface area contributed by atoms with Gasteiger partial charge in [0.05, 0.1) is 13.2 Å². The Hall–Kier alpha value is -0.590. The molecule has 0 bridgehead atoms. The summed E-state index contributed by atoms with van der Waals surface area (Å²) in [5, 5.41) is 1.23. The second-order valence-corrected chi connectivity index (χ2v) is 3.86. The summed E-state index contributed by atoms with van der Waals surface area (Å²) in [7, 11) is 2.70. The minimum atomic E-state index is 0.850. The Morgan fingerprint density at radius 1 is 1.08 bits per heavy atom. The highest BCUT2D eigenvalue weighted by Crippen LogP contribution is 2.14. The van der Waals surface area contributed by atoms with Crippen molar-refractivity contribution >= 4 is 20.2 Å². The standard InChI is InChI=1S/C10H14NOP/c13-10-3-1-9(2-4-10)11-5-7-12-8-6-11/h1-4H,5-8,13H2. The molecule has 1 aromatic rings. The van der Waals surface area contributed by atoms with E-state index in [9.17, 15) is 0 Å². The molecule has 0 amide bonds. The van der Waals surface area contributed by atoms with Crippen molar-refractivity contribution in [1.29, 1.82) is 0 Å². The molecule has 0 radical (unpaired) electrons. The van der Waals surface area contributed by atoms with Gasteiger partial charge in [0, 0.05) is 18.8 Å². The van der Waals surface area contributed by atoms with Crippen molar-refractivity contribution in [2.75, 3.05) is 31.2 Å². The van der Waals surface area contributed by atoms with Crippen molar-refractivity contribution in [2.45, 2.75) is 0 Å². The van der Waals surface area contributed by atoms with Crippen molar-refractivity contribution in [3.05, 3.63) is 24.3 Å². The fourth-order valence-corrected chi connectivity index (χ4v) is 1.70. The lowest BCUT2D eigenvalue weighted by atomic mass is 10.2. The molecule has 1 fully saturated rings. The summed E-state index contributed by atoms with van der Waals surface area (Å²) in [6.07, 6.45) is 0. The lowest BCUT2D eigenvalue weighted by Gasteiger charge is -2.28. The number of anilines is 1. The fourth-order valence-electron chi connectivity index (χ4n) is 1.51. The largest absolute Gasteiger partial charge is 0.378 e. The molecule has 1 saturated heterocycles. The summed E-state index contributed by atoms with van der Waals surface area (Å²) in [4.78, 5) is 2.35. The van der Waals surface area contributed by atoms with Crippen LogP contribution in [0, 0.1) is 0 Å². The van der Waals surface area contributed by atoms with Crippen LogP contribution in [0.15, 0.2) is 24.3 Å². The van der Waals surface area contributed by atoms with E-state index in [-0.39, 0.29) is 0 Å². The molecule has 1 atom stereocenters. The van der Waals surface area contributed by atoms with E-state index in [1.54, 1.807) is 0 Å². The smallest absolute Gasteiger partial charge is 0.0642 e. The first-order valence-electron chi connectivity index (χ1n) is 4.54. The van der Waals surface area contributed by atoms with Gasteiger partial charge >= 0.3 is 0 Å². The molecule has 0 N–H and O–H groups in total. The summed E-state index contributed by atoms with van der Waals surface area (Å²) in [5.74, 6) is 0. The van der Waals surface area contributed by atoms with Crippen molar-refractivity contribution in [3.8, 4) is 0 Å². The zero-order valence-electron chi connectivity index (χ0n) is 7.57. The molecular formula is C10H14NOP. The van der Waals surface area contributed by atoms with E-state index in [1.165, 1.54) is 11.0 Å². The zero-order valence-corrected chi connectivity index (χ0v) is 8.73. The van der Waals surface area contributed by atoms with Crippen molar-refractivity contribution in [2.24, 2.45) is 0 Å². The third kappa shape index (κ3) is 2.20. The number of hydrogen-bond acceptors (Lipinski definition) is 2. The number of nitrogens with zero attached hydrogens (tertiary/aromatic N) is 1. The van der Waals surface area contributed by atoms with Gasteiger partial charge in [-0.25, -0.2) is 0 Å². The number of benzene rings is 1. The Morgan fingerprint density at radius 2 is 1.69 bits per heavy atom. The zero-order chi connectivity index (χ0) is 9.10. The van der Waals surface area contributed by atoms with Crippen LogP contribution in [0.1, 0.15) is 0 Å². The maximum atomic E-state index is 5.30. The lowest BCUT2D eigenvalue weighted by Crippen LogP contribution is -2.36. The first-order valence-corrected chi connectivity index (χ1v) is 5.12. The van der Waals surface area contributed by atoms with Gasteiger partial charge in [-0.2, -0.15) is 0 Å². The summed E-state index contributed by atoms with van der Waals surface area (Å²) in [6.45, 7) is 3.72. The maximum Gasteiger partial charge on any atom is 0.0642 e. The molecule has 1 aliphatic heterocycles. The molecule has 1 aromatic carbocycles. The van der Waals surface area contributed by atoms with Crippen molar-refractivity contribution in [3.63, 3.8) is 0 Å². The van der Waals surface area contributed by atoms with Gasteiger partial charge in [0.1, 0.15) is 0 Å². The Kier molecular flexibility index (Phi) is 2.82. The lowest BCUT2D eigenvalue weighted by molar-refractivity contribution is 0.122.